The van der Waals surface area contributed by atoms with E-state index in [0.29, 0.717) is 96.3 Å². The fraction of sp³-hybridized carbons (Fsp3) is 0.369. The Morgan fingerprint density at radius 2 is 0.927 bits per heavy atom. The van der Waals surface area contributed by atoms with E-state index in [9.17, 15) is 37.2 Å². The van der Waals surface area contributed by atoms with Crippen LogP contribution in [0.25, 0.3) is 22.2 Å². The molecular weight excluding hydrogens is 1430 g/mol. The number of hydrogen-bond acceptors (Lipinski definition) is 21. The van der Waals surface area contributed by atoms with Crippen molar-refractivity contribution in [1.29, 1.82) is 0 Å². The molecule has 0 aliphatic carbocycles. The molecule has 0 spiro atoms. The minimum Gasteiger partial charge on any atom is -0.489 e. The van der Waals surface area contributed by atoms with Crippen LogP contribution in [0.1, 0.15) is 147 Å². The Kier molecular flexibility index (Phi) is 24.4. The number of para-hydroxylation sites is 1. The van der Waals surface area contributed by atoms with E-state index in [1.807, 2.05) is 80.6 Å². The van der Waals surface area contributed by atoms with Crippen molar-refractivity contribution in [2.75, 3.05) is 47.8 Å². The second kappa shape index (κ2) is 33.6. The monoisotopic (exact) mass is 1520 g/mol. The molecule has 25 nitrogen and oxygen atoms in total. The van der Waals surface area contributed by atoms with Gasteiger partial charge in [0.25, 0.3) is 10.0 Å². The van der Waals surface area contributed by atoms with E-state index in [4.69, 9.17) is 56.6 Å². The zero-order valence-electron chi connectivity index (χ0n) is 64.3. The number of aryl methyl sites for hydroxylation is 2. The largest absolute Gasteiger partial charge is 0.489 e. The third-order valence-electron chi connectivity index (χ3n) is 18.4. The number of amides is 3. The number of aromatic nitrogens is 2. The molecule has 3 amide bonds. The van der Waals surface area contributed by atoms with Crippen LogP contribution in [-0.2, 0) is 103 Å². The number of nitrogens with zero attached hydrogens (tertiary/aromatic N) is 5. The molecule has 6 heterocycles. The molecule has 2 aromatic heterocycles. The summed E-state index contributed by atoms with van der Waals surface area (Å²) in [7, 11) is 0.111. The first-order valence-corrected chi connectivity index (χ1v) is 37.5. The summed E-state index contributed by atoms with van der Waals surface area (Å²) >= 11 is 0. The first-order chi connectivity index (χ1) is 52.3. The van der Waals surface area contributed by atoms with Gasteiger partial charge in [0.1, 0.15) is 71.1 Å². The molecule has 0 saturated heterocycles. The van der Waals surface area contributed by atoms with E-state index >= 15 is 0 Å². The lowest BCUT2D eigenvalue weighted by Gasteiger charge is -2.36. The quantitative estimate of drug-likeness (QED) is 0.0681. The standard InChI is InChI=1S/C31H32N2O7S.C27H30N2O6.C26H31NO7/c1-31(2,3)40-30(35)32-17-16-21-18-23(14-15-26(21)28(32)29(34)38-4)39-20-22-19-33(27-13-9-8-12-25(22)27)41(36,37)24-10-6-5-7-11-24;1-17-22(23(28-35-17)18-9-7-6-8-10-18)16-33-20-11-12-21-19(15-20)13-14-29(24(21)25(30)32-5)26(31)34-27(2,3)4;1-16-10-18-13-31-15-33-23(18)19(11-16)14-32-20-6-7-21-17(12-20)8-9-27(22(21)24(28)30-5)25(29)34-26(2,3)4/h5-15,18-19,28H,16-17,20H2,1-4H3;6-12,15,24H,13-14,16H2,1-5H3;6-7,10-12,22H,8-9,13-15H2,1-5H3/t28-;24-;22-/m111/s1. The zero-order valence-corrected chi connectivity index (χ0v) is 65.1. The van der Waals surface area contributed by atoms with Gasteiger partial charge in [0.15, 0.2) is 24.9 Å². The molecule has 0 unspecified atom stereocenters. The Morgan fingerprint density at radius 1 is 0.500 bits per heavy atom. The molecule has 0 bridgehead atoms. The van der Waals surface area contributed by atoms with Gasteiger partial charge >= 0.3 is 36.2 Å². The molecule has 13 rings (SSSR count). The number of rotatable bonds is 15. The number of carbonyl (C=O) groups excluding carboxylic acids is 6. The van der Waals surface area contributed by atoms with E-state index in [-0.39, 0.29) is 31.4 Å². The smallest absolute Gasteiger partial charge is 0.411 e. The van der Waals surface area contributed by atoms with Crippen LogP contribution in [0.3, 0.4) is 0 Å². The summed E-state index contributed by atoms with van der Waals surface area (Å²) in [6.07, 6.45) is 1.55. The highest BCUT2D eigenvalue weighted by Gasteiger charge is 2.43. The molecule has 4 aliphatic heterocycles. The van der Waals surface area contributed by atoms with E-state index < -0.39 is 81.1 Å². The second-order valence-corrected chi connectivity index (χ2v) is 31.6. The summed E-state index contributed by atoms with van der Waals surface area (Å²) in [4.78, 5) is 81.0. The van der Waals surface area contributed by atoms with E-state index in [2.05, 4.69) is 17.3 Å². The minimum absolute atomic E-state index is 0.126. The summed E-state index contributed by atoms with van der Waals surface area (Å²) in [6.45, 7) is 22.4. The lowest BCUT2D eigenvalue weighted by Crippen LogP contribution is -2.46. The topological polar surface area (TPSA) is 279 Å². The van der Waals surface area contributed by atoms with Gasteiger partial charge in [-0.2, -0.15) is 0 Å². The first-order valence-electron chi connectivity index (χ1n) is 36.1. The van der Waals surface area contributed by atoms with Crippen LogP contribution in [0, 0.1) is 13.8 Å². The molecule has 26 heteroatoms. The van der Waals surface area contributed by atoms with Crippen LogP contribution in [0.4, 0.5) is 14.4 Å². The third-order valence-corrected chi connectivity index (χ3v) is 20.1. The summed E-state index contributed by atoms with van der Waals surface area (Å²) in [5.74, 6) is 1.81. The Bertz CT molecular complexity index is 4980. The van der Waals surface area contributed by atoms with Crippen molar-refractivity contribution in [3.05, 3.63) is 225 Å². The highest BCUT2D eigenvalue weighted by molar-refractivity contribution is 7.90. The van der Waals surface area contributed by atoms with Crippen molar-refractivity contribution in [2.45, 2.75) is 162 Å². The van der Waals surface area contributed by atoms with Crippen LogP contribution in [-0.4, -0.2) is 133 Å². The second-order valence-electron chi connectivity index (χ2n) is 29.7. The molecule has 0 fully saturated rings. The number of fused-ring (bicyclic) bond motifs is 5. The van der Waals surface area contributed by atoms with Crippen molar-refractivity contribution in [3.8, 4) is 34.3 Å². The maximum atomic E-state index is 13.4. The van der Waals surface area contributed by atoms with Crippen LogP contribution >= 0.6 is 0 Å². The van der Waals surface area contributed by atoms with Crippen LogP contribution < -0.4 is 18.9 Å². The first kappa shape index (κ1) is 79.7. The van der Waals surface area contributed by atoms with Crippen molar-refractivity contribution in [2.24, 2.45) is 0 Å². The van der Waals surface area contributed by atoms with Crippen LogP contribution in [0.15, 0.2) is 167 Å². The van der Waals surface area contributed by atoms with E-state index in [1.165, 1.54) is 40.0 Å². The number of carbonyl (C=O) groups is 6. The van der Waals surface area contributed by atoms with Crippen molar-refractivity contribution >= 4 is 57.1 Å². The summed E-state index contributed by atoms with van der Waals surface area (Å²) in [5.41, 5.74) is 9.65. The SMILES string of the molecule is COC(=O)[C@H]1c2ccc(OCc3c(-c4ccccc4)noc3C)cc2CCN1C(=O)OC(C)(C)C.COC(=O)[C@H]1c2ccc(OCc3cc(C)cc4c3OCOC4)cc2CCN1C(=O)OC(C)(C)C.COC(=O)[C@H]1c2ccc(OCc3cn(S(=O)(=O)c4ccccc4)c4ccccc34)cc2CCN1C(=O)OC(C)(C)C. The Labute approximate surface area is 640 Å². The highest BCUT2D eigenvalue weighted by Crippen LogP contribution is 2.40. The molecule has 0 N–H and O–H groups in total. The van der Waals surface area contributed by atoms with Gasteiger partial charge in [0, 0.05) is 53.5 Å². The number of hydrogen-bond donors (Lipinski definition) is 0. The predicted octanol–water partition coefficient (Wildman–Crippen LogP) is 15.1. The van der Waals surface area contributed by atoms with Gasteiger partial charge in [0.05, 0.1) is 43.9 Å². The molecule has 4 aliphatic rings. The lowest BCUT2D eigenvalue weighted by atomic mass is 9.92. The van der Waals surface area contributed by atoms with E-state index in [0.717, 1.165) is 61.3 Å². The van der Waals surface area contributed by atoms with Gasteiger partial charge in [-0.05, 0) is 189 Å². The van der Waals surface area contributed by atoms with Gasteiger partial charge < -0.3 is 56.6 Å². The molecular formula is C84H93N5O20S. The third kappa shape index (κ3) is 18.7. The lowest BCUT2D eigenvalue weighted by molar-refractivity contribution is -0.148. The van der Waals surface area contributed by atoms with E-state index in [1.54, 1.807) is 141 Å². The molecule has 110 heavy (non-hydrogen) atoms. The average molecular weight is 1520 g/mol. The van der Waals surface area contributed by atoms with Gasteiger partial charge in [-0.25, -0.2) is 41.2 Å². The van der Waals surface area contributed by atoms with Gasteiger partial charge in [0.2, 0.25) is 0 Å². The normalized spacial score (nSPS) is 15.9. The molecule has 3 atom stereocenters. The summed E-state index contributed by atoms with van der Waals surface area (Å²) in [6, 6.07) is 43.2. The Morgan fingerprint density at radius 3 is 1.38 bits per heavy atom. The van der Waals surface area contributed by atoms with Crippen molar-refractivity contribution < 1.29 is 93.8 Å². The van der Waals surface area contributed by atoms with Crippen molar-refractivity contribution in [1.82, 2.24) is 23.8 Å². The average Bonchev–Trinajstić information content (AvgIpc) is 1.71. The predicted molar refractivity (Wildman–Crippen MR) is 406 cm³/mol. The van der Waals surface area contributed by atoms with Crippen LogP contribution in [0.2, 0.25) is 0 Å². The number of esters is 3. The van der Waals surface area contributed by atoms with Gasteiger partial charge in [-0.3, -0.25) is 14.7 Å². The summed E-state index contributed by atoms with van der Waals surface area (Å²) < 4.78 is 94.6. The Hall–Kier alpha value is -11.4. The maximum Gasteiger partial charge on any atom is 0.411 e. The molecule has 7 aromatic carbocycles. The number of methoxy groups -OCH3 is 3. The number of benzene rings is 7. The molecule has 0 saturated carbocycles. The van der Waals surface area contributed by atoms with Gasteiger partial charge in [-0.15, -0.1) is 0 Å². The highest BCUT2D eigenvalue weighted by atomic mass is 32.2. The Balaban J connectivity index is 0.000000165. The maximum absolute atomic E-state index is 13.4. The molecule has 0 radical (unpaired) electrons. The fourth-order valence-electron chi connectivity index (χ4n) is 13.4. The van der Waals surface area contributed by atoms with Crippen molar-refractivity contribution in [3.63, 3.8) is 0 Å². The fourth-order valence-corrected chi connectivity index (χ4v) is 14.8. The molecule has 9 aromatic rings. The molecule has 580 valence electrons. The summed E-state index contributed by atoms with van der Waals surface area (Å²) in [5, 5.41) is 4.97. The van der Waals surface area contributed by atoms with Gasteiger partial charge in [-0.1, -0.05) is 102 Å². The number of ether oxygens (including phenoxy) is 11. The zero-order chi connectivity index (χ0) is 79.0. The minimum atomic E-state index is -3.81. The van der Waals surface area contributed by atoms with Crippen LogP contribution in [0.5, 0.6) is 23.0 Å².